The number of rotatable bonds is 5. The fourth-order valence-corrected chi connectivity index (χ4v) is 2.97. The third kappa shape index (κ3) is 5.43. The average molecular weight is 321 g/mol. The van der Waals surface area contributed by atoms with Crippen molar-refractivity contribution in [3.8, 4) is 5.75 Å². The molecular weight excluding hydrogens is 294 g/mol. The second-order valence-electron chi connectivity index (χ2n) is 6.96. The molecular formula is C18H27NO4. The first-order valence-corrected chi connectivity index (χ1v) is 8.21. The van der Waals surface area contributed by atoms with Crippen molar-refractivity contribution in [2.75, 3.05) is 13.2 Å². The van der Waals surface area contributed by atoms with Gasteiger partial charge in [-0.05, 0) is 57.6 Å². The van der Waals surface area contributed by atoms with Crippen molar-refractivity contribution in [2.45, 2.75) is 57.6 Å². The molecule has 2 rings (SSSR count). The summed E-state index contributed by atoms with van der Waals surface area (Å²) in [7, 11) is 0. The van der Waals surface area contributed by atoms with E-state index in [1.165, 1.54) is 0 Å². The van der Waals surface area contributed by atoms with Crippen molar-refractivity contribution in [3.63, 3.8) is 0 Å². The Hall–Kier alpha value is -1.75. The zero-order valence-corrected chi connectivity index (χ0v) is 14.2. The van der Waals surface area contributed by atoms with E-state index >= 15 is 0 Å². The lowest BCUT2D eigenvalue weighted by molar-refractivity contribution is 0.0505. The molecule has 0 bridgehead atoms. The van der Waals surface area contributed by atoms with Crippen molar-refractivity contribution < 1.29 is 19.4 Å². The number of nitrogens with one attached hydrogen (secondary N) is 1. The van der Waals surface area contributed by atoms with E-state index in [9.17, 15) is 4.79 Å². The van der Waals surface area contributed by atoms with Gasteiger partial charge in [0.2, 0.25) is 0 Å². The minimum Gasteiger partial charge on any atom is -0.491 e. The molecule has 0 aromatic heterocycles. The highest BCUT2D eigenvalue weighted by atomic mass is 16.6. The first-order chi connectivity index (χ1) is 10.9. The monoisotopic (exact) mass is 321 g/mol. The van der Waals surface area contributed by atoms with Gasteiger partial charge in [-0.3, -0.25) is 0 Å². The molecule has 0 radical (unpaired) electrons. The molecule has 1 aliphatic rings. The molecule has 23 heavy (non-hydrogen) atoms. The maximum atomic E-state index is 11.9. The zero-order valence-electron chi connectivity index (χ0n) is 14.2. The van der Waals surface area contributed by atoms with Gasteiger partial charge in [0.1, 0.15) is 18.0 Å². The molecule has 128 valence electrons. The third-order valence-electron chi connectivity index (χ3n) is 3.86. The van der Waals surface area contributed by atoms with Gasteiger partial charge in [0, 0.05) is 6.04 Å². The maximum Gasteiger partial charge on any atom is 0.407 e. The van der Waals surface area contributed by atoms with Crippen LogP contribution in [0.25, 0.3) is 0 Å². The molecule has 2 atom stereocenters. The third-order valence-corrected chi connectivity index (χ3v) is 3.86. The number of ether oxygens (including phenoxy) is 2. The molecule has 5 nitrogen and oxygen atoms in total. The fourth-order valence-electron chi connectivity index (χ4n) is 2.97. The van der Waals surface area contributed by atoms with Crippen molar-refractivity contribution >= 4 is 6.09 Å². The molecule has 1 saturated carbocycles. The van der Waals surface area contributed by atoms with E-state index < -0.39 is 5.60 Å². The number of hydrogen-bond acceptors (Lipinski definition) is 4. The molecule has 1 aromatic rings. The topological polar surface area (TPSA) is 67.8 Å². The molecule has 1 fully saturated rings. The molecule has 0 unspecified atom stereocenters. The van der Waals surface area contributed by atoms with Crippen LogP contribution in [0.3, 0.4) is 0 Å². The molecule has 1 amide bonds. The summed E-state index contributed by atoms with van der Waals surface area (Å²) in [6.07, 6.45) is 2.45. The summed E-state index contributed by atoms with van der Waals surface area (Å²) in [5.41, 5.74) is 0.668. The van der Waals surface area contributed by atoms with Crippen LogP contribution in [0.15, 0.2) is 24.3 Å². The summed E-state index contributed by atoms with van der Waals surface area (Å²) in [6, 6.07) is 8.05. The van der Waals surface area contributed by atoms with E-state index in [1.54, 1.807) is 0 Å². The van der Waals surface area contributed by atoms with Gasteiger partial charge in [0.05, 0.1) is 6.61 Å². The van der Waals surface area contributed by atoms with E-state index in [1.807, 2.05) is 39.0 Å². The Labute approximate surface area is 138 Å². The van der Waals surface area contributed by atoms with Crippen LogP contribution in [0, 0.1) is 0 Å². The van der Waals surface area contributed by atoms with Gasteiger partial charge in [-0.15, -0.1) is 0 Å². The van der Waals surface area contributed by atoms with Crippen LogP contribution in [-0.2, 0) is 4.74 Å². The summed E-state index contributed by atoms with van der Waals surface area (Å²) in [5, 5.41) is 11.9. The molecule has 0 aliphatic heterocycles. The second-order valence-corrected chi connectivity index (χ2v) is 6.96. The lowest BCUT2D eigenvalue weighted by atomic mass is 9.96. The van der Waals surface area contributed by atoms with Gasteiger partial charge in [-0.1, -0.05) is 18.2 Å². The number of carbonyl (C=O) groups excluding carboxylic acids is 1. The van der Waals surface area contributed by atoms with Crippen LogP contribution in [-0.4, -0.2) is 36.1 Å². The van der Waals surface area contributed by atoms with Gasteiger partial charge in [0.15, 0.2) is 0 Å². The van der Waals surface area contributed by atoms with Gasteiger partial charge in [0.25, 0.3) is 0 Å². The highest BCUT2D eigenvalue weighted by molar-refractivity contribution is 5.68. The number of aliphatic hydroxyl groups is 1. The normalized spacial score (nSPS) is 21.0. The Bertz CT molecular complexity index is 524. The Balaban J connectivity index is 1.94. The number of alkyl carbamates (subject to hydrolysis) is 1. The average Bonchev–Trinajstić information content (AvgIpc) is 2.91. The van der Waals surface area contributed by atoms with E-state index in [2.05, 4.69) is 11.4 Å². The Morgan fingerprint density at radius 2 is 2.04 bits per heavy atom. The Kier molecular flexibility index (Phi) is 5.88. The highest BCUT2D eigenvalue weighted by Crippen LogP contribution is 2.38. The van der Waals surface area contributed by atoms with E-state index in [-0.39, 0.29) is 18.7 Å². The summed E-state index contributed by atoms with van der Waals surface area (Å²) >= 11 is 0. The Morgan fingerprint density at radius 3 is 2.74 bits per heavy atom. The quantitative estimate of drug-likeness (QED) is 0.874. The minimum atomic E-state index is -0.479. The molecule has 0 saturated heterocycles. The predicted molar refractivity (Wildman–Crippen MR) is 88.8 cm³/mol. The maximum absolute atomic E-state index is 11.9. The van der Waals surface area contributed by atoms with Gasteiger partial charge >= 0.3 is 6.09 Å². The van der Waals surface area contributed by atoms with Crippen LogP contribution >= 0.6 is 0 Å². The largest absolute Gasteiger partial charge is 0.491 e. The molecule has 1 aliphatic carbocycles. The molecule has 1 aromatic carbocycles. The van der Waals surface area contributed by atoms with Crippen molar-refractivity contribution in [1.29, 1.82) is 0 Å². The second kappa shape index (κ2) is 7.68. The number of benzene rings is 1. The Morgan fingerprint density at radius 1 is 1.30 bits per heavy atom. The standard InChI is InChI=1S/C18H27NO4/c1-18(2,3)23-17(21)19-14-9-8-13(12-14)15-6-4-5-7-16(15)22-11-10-20/h4-7,13-14,20H,8-12H2,1-3H3,(H,19,21)/t13-,14-/m1/s1. The van der Waals surface area contributed by atoms with Crippen LogP contribution in [0.2, 0.25) is 0 Å². The van der Waals surface area contributed by atoms with Crippen LogP contribution < -0.4 is 10.1 Å². The number of para-hydroxylation sites is 1. The van der Waals surface area contributed by atoms with Crippen molar-refractivity contribution in [2.24, 2.45) is 0 Å². The molecule has 0 heterocycles. The fraction of sp³-hybridized carbons (Fsp3) is 0.611. The number of amides is 1. The van der Waals surface area contributed by atoms with Gasteiger partial charge in [-0.25, -0.2) is 4.79 Å². The zero-order chi connectivity index (χ0) is 16.9. The van der Waals surface area contributed by atoms with Crippen LogP contribution in [0.4, 0.5) is 4.79 Å². The number of carbonyl (C=O) groups is 1. The van der Waals surface area contributed by atoms with E-state index in [0.717, 1.165) is 30.6 Å². The van der Waals surface area contributed by atoms with Crippen molar-refractivity contribution in [1.82, 2.24) is 5.32 Å². The summed E-state index contributed by atoms with van der Waals surface area (Å²) in [5.74, 6) is 1.18. The van der Waals surface area contributed by atoms with E-state index in [4.69, 9.17) is 14.6 Å². The SMILES string of the molecule is CC(C)(C)OC(=O)N[C@@H]1CC[C@@H](c2ccccc2OCCO)C1. The lowest BCUT2D eigenvalue weighted by Crippen LogP contribution is -2.37. The first kappa shape index (κ1) is 17.6. The van der Waals surface area contributed by atoms with E-state index in [0.29, 0.717) is 12.5 Å². The molecule has 2 N–H and O–H groups in total. The summed E-state index contributed by atoms with van der Waals surface area (Å²) in [6.45, 7) is 5.88. The summed E-state index contributed by atoms with van der Waals surface area (Å²) in [4.78, 5) is 11.9. The minimum absolute atomic E-state index is 0.00181. The van der Waals surface area contributed by atoms with Crippen LogP contribution in [0.5, 0.6) is 5.75 Å². The van der Waals surface area contributed by atoms with Crippen molar-refractivity contribution in [3.05, 3.63) is 29.8 Å². The molecule has 5 heteroatoms. The number of aliphatic hydroxyl groups excluding tert-OH is 1. The van der Waals surface area contributed by atoms with Gasteiger partial charge < -0.3 is 19.9 Å². The van der Waals surface area contributed by atoms with Gasteiger partial charge in [-0.2, -0.15) is 0 Å². The highest BCUT2D eigenvalue weighted by Gasteiger charge is 2.30. The first-order valence-electron chi connectivity index (χ1n) is 8.21. The van der Waals surface area contributed by atoms with Crippen LogP contribution in [0.1, 0.15) is 51.5 Å². The predicted octanol–water partition coefficient (Wildman–Crippen LogP) is 3.22. The molecule has 0 spiro atoms. The summed E-state index contributed by atoms with van der Waals surface area (Å²) < 4.78 is 10.9. The smallest absolute Gasteiger partial charge is 0.407 e. The lowest BCUT2D eigenvalue weighted by Gasteiger charge is -2.22. The number of hydrogen-bond donors (Lipinski definition) is 2.